The first-order chi connectivity index (χ1) is 13.3. The molecule has 2 heteroatoms. The number of hydrogen-bond donors (Lipinski definition) is 2. The van der Waals surface area contributed by atoms with Crippen LogP contribution in [0.2, 0.25) is 0 Å². The monoisotopic (exact) mass is 352 g/mol. The maximum atomic E-state index is 3.48. The lowest BCUT2D eigenvalue weighted by Crippen LogP contribution is -2.02. The van der Waals surface area contributed by atoms with Gasteiger partial charge < -0.3 is 10.6 Å². The SMILES string of the molecule is CC1C=CC(Nc2ccc(-c3ccc(Nc4ccccc4)cc3)cc2)=CC1. The number of rotatable bonds is 5. The third-order valence-electron chi connectivity index (χ3n) is 4.77. The summed E-state index contributed by atoms with van der Waals surface area (Å²) in [6.45, 7) is 2.24. The summed E-state index contributed by atoms with van der Waals surface area (Å²) in [5.74, 6) is 0.636. The molecule has 0 bridgehead atoms. The van der Waals surface area contributed by atoms with E-state index in [1.54, 1.807) is 0 Å². The highest BCUT2D eigenvalue weighted by Gasteiger charge is 2.04. The minimum absolute atomic E-state index is 0.636. The predicted molar refractivity (Wildman–Crippen MR) is 116 cm³/mol. The topological polar surface area (TPSA) is 24.1 Å². The summed E-state index contributed by atoms with van der Waals surface area (Å²) >= 11 is 0. The molecule has 27 heavy (non-hydrogen) atoms. The first-order valence-corrected chi connectivity index (χ1v) is 9.44. The molecule has 0 saturated heterocycles. The van der Waals surface area contributed by atoms with Gasteiger partial charge in [0.1, 0.15) is 0 Å². The van der Waals surface area contributed by atoms with E-state index in [-0.39, 0.29) is 0 Å². The maximum Gasteiger partial charge on any atom is 0.0384 e. The van der Waals surface area contributed by atoms with Crippen LogP contribution in [-0.2, 0) is 0 Å². The fourth-order valence-corrected chi connectivity index (χ4v) is 3.17. The van der Waals surface area contributed by atoms with Crippen molar-refractivity contribution in [1.82, 2.24) is 0 Å². The van der Waals surface area contributed by atoms with Gasteiger partial charge in [-0.3, -0.25) is 0 Å². The Morgan fingerprint density at radius 1 is 0.667 bits per heavy atom. The van der Waals surface area contributed by atoms with Gasteiger partial charge in [-0.1, -0.05) is 61.5 Å². The fraction of sp³-hybridized carbons (Fsp3) is 0.120. The average molecular weight is 352 g/mol. The Bertz CT molecular complexity index is 936. The molecule has 3 aromatic carbocycles. The lowest BCUT2D eigenvalue weighted by atomic mass is 10.0. The molecule has 0 heterocycles. The van der Waals surface area contributed by atoms with Gasteiger partial charge in [-0.2, -0.15) is 0 Å². The van der Waals surface area contributed by atoms with E-state index in [1.165, 1.54) is 16.8 Å². The largest absolute Gasteiger partial charge is 0.356 e. The zero-order valence-electron chi connectivity index (χ0n) is 15.5. The van der Waals surface area contributed by atoms with E-state index >= 15 is 0 Å². The highest BCUT2D eigenvalue weighted by atomic mass is 14.9. The minimum Gasteiger partial charge on any atom is -0.356 e. The van der Waals surface area contributed by atoms with Crippen LogP contribution in [0.3, 0.4) is 0 Å². The van der Waals surface area contributed by atoms with Gasteiger partial charge in [0, 0.05) is 22.8 Å². The Labute approximate surface area is 161 Å². The molecule has 0 radical (unpaired) electrons. The van der Waals surface area contributed by atoms with Crippen LogP contribution in [0.25, 0.3) is 11.1 Å². The quantitative estimate of drug-likeness (QED) is 0.517. The number of para-hydroxylation sites is 1. The summed E-state index contributed by atoms with van der Waals surface area (Å²) < 4.78 is 0. The summed E-state index contributed by atoms with van der Waals surface area (Å²) in [5.41, 5.74) is 6.91. The molecular weight excluding hydrogens is 328 g/mol. The lowest BCUT2D eigenvalue weighted by molar-refractivity contribution is 0.731. The van der Waals surface area contributed by atoms with Crippen LogP contribution in [0.5, 0.6) is 0 Å². The molecule has 3 aromatic rings. The van der Waals surface area contributed by atoms with Gasteiger partial charge in [-0.15, -0.1) is 0 Å². The van der Waals surface area contributed by atoms with Gasteiger partial charge in [-0.25, -0.2) is 0 Å². The third kappa shape index (κ3) is 4.48. The Morgan fingerprint density at radius 2 is 1.22 bits per heavy atom. The Morgan fingerprint density at radius 3 is 1.78 bits per heavy atom. The zero-order valence-corrected chi connectivity index (χ0v) is 15.5. The van der Waals surface area contributed by atoms with E-state index in [2.05, 4.69) is 96.4 Å². The second-order valence-corrected chi connectivity index (χ2v) is 7.00. The molecule has 0 amide bonds. The standard InChI is InChI=1S/C25H24N2/c1-19-7-13-23(14-8-19)27-25-17-11-21(12-18-25)20-9-15-24(16-10-20)26-22-5-3-2-4-6-22/h2-7,9-19,26-27H,8H2,1H3. The number of nitrogens with one attached hydrogen (secondary N) is 2. The molecule has 2 N–H and O–H groups in total. The minimum atomic E-state index is 0.636. The second kappa shape index (κ2) is 7.96. The second-order valence-electron chi connectivity index (χ2n) is 7.00. The van der Waals surface area contributed by atoms with E-state index in [4.69, 9.17) is 0 Å². The fourth-order valence-electron chi connectivity index (χ4n) is 3.17. The van der Waals surface area contributed by atoms with Crippen LogP contribution in [0, 0.1) is 5.92 Å². The Hall–Kier alpha value is -3.26. The van der Waals surface area contributed by atoms with Gasteiger partial charge in [0.15, 0.2) is 0 Å². The van der Waals surface area contributed by atoms with Gasteiger partial charge in [0.2, 0.25) is 0 Å². The molecule has 1 unspecified atom stereocenters. The van der Waals surface area contributed by atoms with Crippen LogP contribution in [0.4, 0.5) is 17.1 Å². The van der Waals surface area contributed by atoms with Gasteiger partial charge >= 0.3 is 0 Å². The molecule has 2 nitrogen and oxygen atoms in total. The molecule has 1 aliphatic carbocycles. The van der Waals surface area contributed by atoms with Crippen molar-refractivity contribution >= 4 is 17.1 Å². The first-order valence-electron chi connectivity index (χ1n) is 9.44. The van der Waals surface area contributed by atoms with Crippen molar-refractivity contribution in [3.8, 4) is 11.1 Å². The third-order valence-corrected chi connectivity index (χ3v) is 4.77. The average Bonchev–Trinajstić information content (AvgIpc) is 2.72. The molecule has 1 aliphatic rings. The number of hydrogen-bond acceptors (Lipinski definition) is 2. The van der Waals surface area contributed by atoms with E-state index < -0.39 is 0 Å². The van der Waals surface area contributed by atoms with Gasteiger partial charge in [0.05, 0.1) is 0 Å². The van der Waals surface area contributed by atoms with E-state index in [1.807, 2.05) is 18.2 Å². The van der Waals surface area contributed by atoms with Crippen LogP contribution in [0.1, 0.15) is 13.3 Å². The van der Waals surface area contributed by atoms with Crippen molar-refractivity contribution in [3.05, 3.63) is 103 Å². The molecule has 134 valence electrons. The number of anilines is 3. The van der Waals surface area contributed by atoms with E-state index in [9.17, 15) is 0 Å². The normalized spacial score (nSPS) is 15.9. The van der Waals surface area contributed by atoms with Crippen LogP contribution >= 0.6 is 0 Å². The van der Waals surface area contributed by atoms with Crippen molar-refractivity contribution in [2.75, 3.05) is 10.6 Å². The smallest absolute Gasteiger partial charge is 0.0384 e. The molecule has 1 atom stereocenters. The van der Waals surface area contributed by atoms with Crippen LogP contribution in [-0.4, -0.2) is 0 Å². The summed E-state index contributed by atoms with van der Waals surface area (Å²) in [7, 11) is 0. The number of allylic oxidation sites excluding steroid dienone is 3. The van der Waals surface area contributed by atoms with Crippen LogP contribution in [0.15, 0.2) is 103 Å². The molecule has 4 rings (SSSR count). The lowest BCUT2D eigenvalue weighted by Gasteiger charge is -2.14. The molecule has 0 fully saturated rings. The van der Waals surface area contributed by atoms with E-state index in [0.29, 0.717) is 5.92 Å². The van der Waals surface area contributed by atoms with Crippen molar-refractivity contribution in [2.45, 2.75) is 13.3 Å². The Kier molecular flexibility index (Phi) is 5.06. The highest BCUT2D eigenvalue weighted by Crippen LogP contribution is 2.25. The molecule has 0 aliphatic heterocycles. The summed E-state index contributed by atoms with van der Waals surface area (Å²) in [5, 5.41) is 6.90. The molecule has 0 saturated carbocycles. The molecule has 0 spiro atoms. The van der Waals surface area contributed by atoms with Crippen molar-refractivity contribution < 1.29 is 0 Å². The molecular formula is C25H24N2. The van der Waals surface area contributed by atoms with Crippen molar-refractivity contribution in [3.63, 3.8) is 0 Å². The summed E-state index contributed by atoms with van der Waals surface area (Å²) in [6, 6.07) is 27.4. The van der Waals surface area contributed by atoms with Crippen LogP contribution < -0.4 is 10.6 Å². The molecule has 0 aromatic heterocycles. The first kappa shape index (κ1) is 17.2. The zero-order chi connectivity index (χ0) is 18.5. The van der Waals surface area contributed by atoms with Gasteiger partial charge in [0.25, 0.3) is 0 Å². The van der Waals surface area contributed by atoms with Gasteiger partial charge in [-0.05, 0) is 65.9 Å². The van der Waals surface area contributed by atoms with Crippen molar-refractivity contribution in [1.29, 1.82) is 0 Å². The summed E-state index contributed by atoms with van der Waals surface area (Å²) in [4.78, 5) is 0. The highest BCUT2D eigenvalue weighted by molar-refractivity contribution is 5.70. The Balaban J connectivity index is 1.42. The summed E-state index contributed by atoms with van der Waals surface area (Å²) in [6.07, 6.45) is 7.78. The maximum absolute atomic E-state index is 3.48. The predicted octanol–water partition coefficient (Wildman–Crippen LogP) is 6.99. The number of benzene rings is 3. The van der Waals surface area contributed by atoms with E-state index in [0.717, 1.165) is 23.5 Å². The van der Waals surface area contributed by atoms with Crippen molar-refractivity contribution in [2.24, 2.45) is 5.92 Å².